The van der Waals surface area contributed by atoms with Gasteiger partial charge in [-0.15, -0.1) is 0 Å². The molecule has 5 unspecified atom stereocenters. The number of aliphatic hydroxyl groups excluding tert-OH is 2. The maximum atomic E-state index is 12.6. The van der Waals surface area contributed by atoms with E-state index >= 15 is 0 Å². The van der Waals surface area contributed by atoms with Gasteiger partial charge in [-0.05, 0) is 26.7 Å². The summed E-state index contributed by atoms with van der Waals surface area (Å²) in [5, 5.41) is 34.5. The van der Waals surface area contributed by atoms with Gasteiger partial charge in [-0.2, -0.15) is 0 Å². The first-order valence-electron chi connectivity index (χ1n) is 9.14. The molecule has 14 nitrogen and oxygen atoms in total. The second-order valence-electron chi connectivity index (χ2n) is 6.59. The molecule has 0 fully saturated rings. The van der Waals surface area contributed by atoms with Gasteiger partial charge in [0.05, 0.1) is 12.7 Å². The zero-order chi connectivity index (χ0) is 23.4. The molecule has 0 heterocycles. The van der Waals surface area contributed by atoms with Crippen LogP contribution in [0, 0.1) is 0 Å². The van der Waals surface area contributed by atoms with Gasteiger partial charge >= 0.3 is 5.97 Å². The molecule has 0 bridgehead atoms. The maximum Gasteiger partial charge on any atom is 0.325 e. The number of guanidine groups is 1. The maximum absolute atomic E-state index is 12.6. The van der Waals surface area contributed by atoms with E-state index in [2.05, 4.69) is 20.9 Å². The Hall–Kier alpha value is -2.97. The lowest BCUT2D eigenvalue weighted by atomic mass is 10.1. The van der Waals surface area contributed by atoms with Crippen LogP contribution in [0.4, 0.5) is 0 Å². The van der Waals surface area contributed by atoms with Crippen molar-refractivity contribution < 1.29 is 34.5 Å². The van der Waals surface area contributed by atoms with Gasteiger partial charge in [0.25, 0.3) is 0 Å². The topological polar surface area (TPSA) is 255 Å². The second kappa shape index (κ2) is 13.3. The van der Waals surface area contributed by atoms with E-state index in [1.54, 1.807) is 0 Å². The molecular formula is C16H31N7O7. The Labute approximate surface area is 173 Å². The van der Waals surface area contributed by atoms with E-state index in [1.165, 1.54) is 13.8 Å². The van der Waals surface area contributed by atoms with Crippen molar-refractivity contribution in [2.24, 2.45) is 22.2 Å². The van der Waals surface area contributed by atoms with Crippen LogP contribution in [0.25, 0.3) is 0 Å². The quantitative estimate of drug-likeness (QED) is 0.0761. The first-order chi connectivity index (χ1) is 13.9. The Morgan fingerprint density at radius 2 is 1.60 bits per heavy atom. The SMILES string of the molecule is CC(NC(=O)C(CCCN=C(N)N)NC(=O)C(NC(=O)C(N)CO)C(C)O)C(=O)O. The molecule has 0 spiro atoms. The fraction of sp³-hybridized carbons (Fsp3) is 0.688. The van der Waals surface area contributed by atoms with E-state index < -0.39 is 60.6 Å². The minimum atomic E-state index is -1.47. The van der Waals surface area contributed by atoms with Gasteiger partial charge in [-0.3, -0.25) is 24.2 Å². The molecule has 0 saturated carbocycles. The highest BCUT2D eigenvalue weighted by molar-refractivity contribution is 5.94. The number of rotatable bonds is 13. The van der Waals surface area contributed by atoms with Gasteiger partial charge in [-0.25, -0.2) is 0 Å². The predicted molar refractivity (Wildman–Crippen MR) is 106 cm³/mol. The summed E-state index contributed by atoms with van der Waals surface area (Å²) in [6, 6.07) is -5.20. The van der Waals surface area contributed by atoms with Crippen LogP contribution in [-0.2, 0) is 19.2 Å². The third-order valence-electron chi connectivity index (χ3n) is 3.90. The van der Waals surface area contributed by atoms with Gasteiger partial charge in [-0.1, -0.05) is 0 Å². The van der Waals surface area contributed by atoms with E-state index in [9.17, 15) is 24.3 Å². The highest BCUT2D eigenvalue weighted by Crippen LogP contribution is 2.03. The van der Waals surface area contributed by atoms with E-state index in [0.717, 1.165) is 0 Å². The number of carboxylic acids is 1. The second-order valence-corrected chi connectivity index (χ2v) is 6.59. The van der Waals surface area contributed by atoms with Crippen LogP contribution in [0.3, 0.4) is 0 Å². The molecule has 14 heteroatoms. The normalized spacial score (nSPS) is 15.6. The molecular weight excluding hydrogens is 402 g/mol. The molecule has 172 valence electrons. The van der Waals surface area contributed by atoms with Crippen LogP contribution in [0.1, 0.15) is 26.7 Å². The number of aliphatic carboxylic acids is 1. The van der Waals surface area contributed by atoms with Gasteiger partial charge in [0, 0.05) is 6.54 Å². The summed E-state index contributed by atoms with van der Waals surface area (Å²) < 4.78 is 0. The number of nitrogens with zero attached hydrogens (tertiary/aromatic N) is 1. The zero-order valence-corrected chi connectivity index (χ0v) is 16.9. The number of carboxylic acid groups (broad SMARTS) is 1. The van der Waals surface area contributed by atoms with Gasteiger partial charge in [0.1, 0.15) is 24.2 Å². The number of hydrogen-bond donors (Lipinski definition) is 9. The smallest absolute Gasteiger partial charge is 0.325 e. The average molecular weight is 433 g/mol. The lowest BCUT2D eigenvalue weighted by Gasteiger charge is -2.25. The van der Waals surface area contributed by atoms with Crippen LogP contribution in [0.2, 0.25) is 0 Å². The van der Waals surface area contributed by atoms with E-state index in [0.29, 0.717) is 0 Å². The highest BCUT2D eigenvalue weighted by atomic mass is 16.4. The first-order valence-corrected chi connectivity index (χ1v) is 9.14. The number of nitrogens with two attached hydrogens (primary N) is 3. The molecule has 0 aliphatic heterocycles. The number of nitrogens with one attached hydrogen (secondary N) is 3. The van der Waals surface area contributed by atoms with Crippen LogP contribution in [0.15, 0.2) is 4.99 Å². The number of amides is 3. The summed E-state index contributed by atoms with van der Waals surface area (Å²) in [6.07, 6.45) is -1.06. The standard InChI is InChI=1S/C16H31N7O7/c1-7(15(29)30)21-13(27)10(4-3-5-20-16(18)19)22-14(28)11(8(2)25)23-12(26)9(17)6-24/h7-11,24-25H,3-6,17H2,1-2H3,(H,21,27)(H,22,28)(H,23,26)(H,29,30)(H4,18,19,20). The molecule has 0 radical (unpaired) electrons. The van der Waals surface area contributed by atoms with Crippen molar-refractivity contribution in [3.63, 3.8) is 0 Å². The minimum absolute atomic E-state index is 0.0390. The third kappa shape index (κ3) is 9.99. The fourth-order valence-corrected chi connectivity index (χ4v) is 2.16. The fourth-order valence-electron chi connectivity index (χ4n) is 2.16. The highest BCUT2D eigenvalue weighted by Gasteiger charge is 2.31. The summed E-state index contributed by atoms with van der Waals surface area (Å²) in [7, 11) is 0. The average Bonchev–Trinajstić information content (AvgIpc) is 2.66. The number of hydrogen-bond acceptors (Lipinski definition) is 8. The van der Waals surface area contributed by atoms with E-state index in [4.69, 9.17) is 27.4 Å². The predicted octanol–water partition coefficient (Wildman–Crippen LogP) is -4.70. The van der Waals surface area contributed by atoms with Crippen LogP contribution in [-0.4, -0.2) is 88.4 Å². The van der Waals surface area contributed by atoms with Crippen molar-refractivity contribution in [3.05, 3.63) is 0 Å². The van der Waals surface area contributed by atoms with E-state index in [1.807, 2.05) is 0 Å². The number of carbonyl (C=O) groups is 4. The first kappa shape index (κ1) is 27.0. The Kier molecular flexibility index (Phi) is 12.0. The molecule has 12 N–H and O–H groups in total. The van der Waals surface area contributed by atoms with Crippen LogP contribution < -0.4 is 33.2 Å². The summed E-state index contributed by atoms with van der Waals surface area (Å²) in [5.74, 6) is -4.01. The summed E-state index contributed by atoms with van der Waals surface area (Å²) in [4.78, 5) is 51.5. The molecule has 0 aliphatic rings. The molecule has 30 heavy (non-hydrogen) atoms. The molecule has 3 amide bonds. The van der Waals surface area contributed by atoms with Crippen molar-refractivity contribution in [1.82, 2.24) is 16.0 Å². The van der Waals surface area contributed by atoms with Crippen molar-refractivity contribution in [3.8, 4) is 0 Å². The molecule has 0 saturated heterocycles. The number of aliphatic imine (C=N–C) groups is 1. The van der Waals surface area contributed by atoms with Crippen molar-refractivity contribution in [2.75, 3.05) is 13.2 Å². The lowest BCUT2D eigenvalue weighted by Crippen LogP contribution is -2.60. The van der Waals surface area contributed by atoms with Gasteiger partial charge in [0.15, 0.2) is 5.96 Å². The number of aliphatic hydroxyl groups is 2. The summed E-state index contributed by atoms with van der Waals surface area (Å²) in [5.41, 5.74) is 15.8. The number of carbonyl (C=O) groups excluding carboxylic acids is 3. The Bertz CT molecular complexity index is 637. The van der Waals surface area contributed by atoms with Gasteiger partial charge < -0.3 is 48.5 Å². The van der Waals surface area contributed by atoms with Crippen molar-refractivity contribution in [1.29, 1.82) is 0 Å². The molecule has 0 aromatic rings. The largest absolute Gasteiger partial charge is 0.480 e. The Morgan fingerprint density at radius 3 is 2.07 bits per heavy atom. The zero-order valence-electron chi connectivity index (χ0n) is 16.9. The monoisotopic (exact) mass is 433 g/mol. The Morgan fingerprint density at radius 1 is 1.00 bits per heavy atom. The Balaban J connectivity index is 5.31. The van der Waals surface area contributed by atoms with E-state index in [-0.39, 0.29) is 25.3 Å². The minimum Gasteiger partial charge on any atom is -0.480 e. The molecule has 5 atom stereocenters. The molecule has 0 rings (SSSR count). The van der Waals surface area contributed by atoms with Crippen molar-refractivity contribution in [2.45, 2.75) is 57.0 Å². The molecule has 0 aromatic carbocycles. The van der Waals surface area contributed by atoms with Crippen molar-refractivity contribution >= 4 is 29.7 Å². The van der Waals surface area contributed by atoms with Crippen LogP contribution in [0.5, 0.6) is 0 Å². The molecule has 0 aliphatic carbocycles. The summed E-state index contributed by atoms with van der Waals surface area (Å²) >= 11 is 0. The lowest BCUT2D eigenvalue weighted by molar-refractivity contribution is -0.142. The van der Waals surface area contributed by atoms with Crippen LogP contribution >= 0.6 is 0 Å². The van der Waals surface area contributed by atoms with Gasteiger partial charge in [0.2, 0.25) is 17.7 Å². The molecule has 0 aromatic heterocycles. The summed E-state index contributed by atoms with van der Waals surface area (Å²) in [6.45, 7) is 1.95. The third-order valence-corrected chi connectivity index (χ3v) is 3.90.